The van der Waals surface area contributed by atoms with Crippen LogP contribution < -0.4 is 0 Å². The number of benzene rings is 1. The molecule has 2 amide bonds. The van der Waals surface area contributed by atoms with Crippen molar-refractivity contribution in [1.29, 1.82) is 0 Å². The Kier molecular flexibility index (Phi) is 5.77. The highest BCUT2D eigenvalue weighted by molar-refractivity contribution is 7.99. The molecular formula is C17H16F2N4O2S. The third kappa shape index (κ3) is 4.34. The quantitative estimate of drug-likeness (QED) is 0.765. The normalized spacial score (nSPS) is 14.6. The molecule has 1 saturated heterocycles. The van der Waals surface area contributed by atoms with Crippen LogP contribution in [0.25, 0.3) is 0 Å². The second-order valence-electron chi connectivity index (χ2n) is 5.58. The SMILES string of the molecule is O=C(c1ccc(SC(F)F)cc1)N1CCN(C(=O)c2cnccn2)CC1. The Balaban J connectivity index is 1.57. The van der Waals surface area contributed by atoms with Crippen LogP contribution in [-0.2, 0) is 0 Å². The number of alkyl halides is 2. The first-order chi connectivity index (χ1) is 12.5. The van der Waals surface area contributed by atoms with Crippen LogP contribution in [0.2, 0.25) is 0 Å². The number of hydrogen-bond acceptors (Lipinski definition) is 5. The number of carbonyl (C=O) groups is 2. The molecule has 0 spiro atoms. The summed E-state index contributed by atoms with van der Waals surface area (Å²) in [7, 11) is 0. The molecule has 0 saturated carbocycles. The number of rotatable bonds is 4. The van der Waals surface area contributed by atoms with E-state index in [-0.39, 0.29) is 17.5 Å². The van der Waals surface area contributed by atoms with E-state index in [0.29, 0.717) is 48.4 Å². The molecule has 0 aliphatic carbocycles. The predicted molar refractivity (Wildman–Crippen MR) is 92.1 cm³/mol. The Hall–Kier alpha value is -2.55. The van der Waals surface area contributed by atoms with Crippen LogP contribution in [0.3, 0.4) is 0 Å². The van der Waals surface area contributed by atoms with Crippen LogP contribution in [-0.4, -0.2) is 63.5 Å². The lowest BCUT2D eigenvalue weighted by atomic mass is 10.2. The van der Waals surface area contributed by atoms with Crippen molar-refractivity contribution in [3.63, 3.8) is 0 Å². The molecule has 0 atom stereocenters. The first kappa shape index (κ1) is 18.2. The molecule has 1 aliphatic rings. The Bertz CT molecular complexity index is 766. The third-order valence-corrected chi connectivity index (χ3v) is 4.69. The van der Waals surface area contributed by atoms with Gasteiger partial charge in [-0.15, -0.1) is 0 Å². The van der Waals surface area contributed by atoms with Crippen molar-refractivity contribution in [1.82, 2.24) is 19.8 Å². The molecule has 1 aliphatic heterocycles. The average Bonchev–Trinajstić information content (AvgIpc) is 2.68. The molecule has 26 heavy (non-hydrogen) atoms. The van der Waals surface area contributed by atoms with E-state index < -0.39 is 5.76 Å². The average molecular weight is 378 g/mol. The van der Waals surface area contributed by atoms with Gasteiger partial charge in [-0.2, -0.15) is 8.78 Å². The fourth-order valence-corrected chi connectivity index (χ4v) is 3.14. The zero-order valence-corrected chi connectivity index (χ0v) is 14.5. The minimum absolute atomic E-state index is 0.176. The second-order valence-corrected chi connectivity index (χ2v) is 6.64. The van der Waals surface area contributed by atoms with Crippen LogP contribution in [0, 0.1) is 0 Å². The first-order valence-corrected chi connectivity index (χ1v) is 8.82. The zero-order valence-electron chi connectivity index (χ0n) is 13.7. The highest BCUT2D eigenvalue weighted by Gasteiger charge is 2.26. The van der Waals surface area contributed by atoms with E-state index in [9.17, 15) is 18.4 Å². The lowest BCUT2D eigenvalue weighted by Crippen LogP contribution is -2.50. The maximum Gasteiger partial charge on any atom is 0.288 e. The van der Waals surface area contributed by atoms with Crippen molar-refractivity contribution in [2.75, 3.05) is 26.2 Å². The number of piperazine rings is 1. The molecule has 0 unspecified atom stereocenters. The van der Waals surface area contributed by atoms with Crippen LogP contribution >= 0.6 is 11.8 Å². The van der Waals surface area contributed by atoms with E-state index in [1.165, 1.54) is 30.7 Å². The van der Waals surface area contributed by atoms with Crippen LogP contribution in [0.5, 0.6) is 0 Å². The van der Waals surface area contributed by atoms with Gasteiger partial charge >= 0.3 is 0 Å². The molecular weight excluding hydrogens is 362 g/mol. The highest BCUT2D eigenvalue weighted by atomic mass is 32.2. The lowest BCUT2D eigenvalue weighted by molar-refractivity contribution is 0.0532. The summed E-state index contributed by atoms with van der Waals surface area (Å²) in [6, 6.07) is 6.12. The Labute approximate surface area is 153 Å². The van der Waals surface area contributed by atoms with Crippen molar-refractivity contribution in [2.24, 2.45) is 0 Å². The minimum Gasteiger partial charge on any atom is -0.335 e. The third-order valence-electron chi connectivity index (χ3n) is 3.96. The number of thioether (sulfide) groups is 1. The van der Waals surface area contributed by atoms with Gasteiger partial charge in [0.2, 0.25) is 0 Å². The van der Waals surface area contributed by atoms with Gasteiger partial charge in [-0.25, -0.2) is 4.98 Å². The Morgan fingerprint density at radius 2 is 1.58 bits per heavy atom. The standard InChI is InChI=1S/C17H16F2N4O2S/c18-17(19)26-13-3-1-12(2-4-13)15(24)22-7-9-23(10-8-22)16(25)14-11-20-5-6-21-14/h1-6,11,17H,7-10H2. The number of amides is 2. The monoisotopic (exact) mass is 378 g/mol. The van der Waals surface area contributed by atoms with E-state index in [1.807, 2.05) is 0 Å². The van der Waals surface area contributed by atoms with Crippen LogP contribution in [0.4, 0.5) is 8.78 Å². The Morgan fingerprint density at radius 1 is 0.962 bits per heavy atom. The summed E-state index contributed by atoms with van der Waals surface area (Å²) in [5.74, 6) is -2.87. The smallest absolute Gasteiger partial charge is 0.288 e. The van der Waals surface area contributed by atoms with Gasteiger partial charge in [0.1, 0.15) is 5.69 Å². The summed E-state index contributed by atoms with van der Waals surface area (Å²) >= 11 is 0.442. The summed E-state index contributed by atoms with van der Waals surface area (Å²) in [4.78, 5) is 36.4. The number of hydrogen-bond donors (Lipinski definition) is 0. The van der Waals surface area contributed by atoms with Gasteiger partial charge in [0.25, 0.3) is 17.6 Å². The van der Waals surface area contributed by atoms with Gasteiger partial charge in [-0.1, -0.05) is 11.8 Å². The van der Waals surface area contributed by atoms with Gasteiger partial charge in [-0.3, -0.25) is 14.6 Å². The van der Waals surface area contributed by atoms with Crippen molar-refractivity contribution in [3.05, 3.63) is 54.1 Å². The first-order valence-electron chi connectivity index (χ1n) is 7.94. The lowest BCUT2D eigenvalue weighted by Gasteiger charge is -2.34. The summed E-state index contributed by atoms with van der Waals surface area (Å²) in [5, 5.41) is 0. The highest BCUT2D eigenvalue weighted by Crippen LogP contribution is 2.25. The van der Waals surface area contributed by atoms with Gasteiger partial charge in [0, 0.05) is 49.0 Å². The van der Waals surface area contributed by atoms with Gasteiger partial charge in [0.05, 0.1) is 6.20 Å². The van der Waals surface area contributed by atoms with Gasteiger partial charge in [-0.05, 0) is 24.3 Å². The molecule has 0 radical (unpaired) electrons. The number of halogens is 2. The largest absolute Gasteiger partial charge is 0.335 e. The maximum absolute atomic E-state index is 12.5. The van der Waals surface area contributed by atoms with E-state index in [0.717, 1.165) is 0 Å². The van der Waals surface area contributed by atoms with Crippen molar-refractivity contribution in [2.45, 2.75) is 10.7 Å². The Morgan fingerprint density at radius 3 is 2.12 bits per heavy atom. The van der Waals surface area contributed by atoms with E-state index in [2.05, 4.69) is 9.97 Å². The van der Waals surface area contributed by atoms with E-state index in [1.54, 1.807) is 21.9 Å². The molecule has 1 aromatic carbocycles. The molecule has 2 aromatic rings. The number of nitrogens with zero attached hydrogens (tertiary/aromatic N) is 4. The second kappa shape index (κ2) is 8.22. The minimum atomic E-state index is -2.49. The van der Waals surface area contributed by atoms with Crippen LogP contribution in [0.1, 0.15) is 20.8 Å². The molecule has 9 heteroatoms. The summed E-state index contributed by atoms with van der Waals surface area (Å²) < 4.78 is 24.7. The molecule has 2 heterocycles. The molecule has 1 fully saturated rings. The van der Waals surface area contributed by atoms with Crippen LogP contribution in [0.15, 0.2) is 47.8 Å². The van der Waals surface area contributed by atoms with Gasteiger partial charge in [0.15, 0.2) is 0 Å². The number of carbonyl (C=O) groups excluding carboxylic acids is 2. The van der Waals surface area contributed by atoms with E-state index >= 15 is 0 Å². The fourth-order valence-electron chi connectivity index (χ4n) is 2.65. The molecule has 136 valence electrons. The van der Waals surface area contributed by atoms with Crippen molar-refractivity contribution in [3.8, 4) is 0 Å². The summed E-state index contributed by atoms with van der Waals surface area (Å²) in [6.45, 7) is 1.61. The van der Waals surface area contributed by atoms with E-state index in [4.69, 9.17) is 0 Å². The van der Waals surface area contributed by atoms with Gasteiger partial charge < -0.3 is 9.80 Å². The molecule has 3 rings (SSSR count). The molecule has 0 N–H and O–H groups in total. The van der Waals surface area contributed by atoms with Crippen molar-refractivity contribution >= 4 is 23.6 Å². The summed E-state index contributed by atoms with van der Waals surface area (Å²) in [5.41, 5.74) is 0.719. The topological polar surface area (TPSA) is 66.4 Å². The number of aromatic nitrogens is 2. The molecule has 0 bridgehead atoms. The zero-order chi connectivity index (χ0) is 18.5. The fraction of sp³-hybridized carbons (Fsp3) is 0.294. The predicted octanol–water partition coefficient (Wildman–Crippen LogP) is 2.39. The molecule has 6 nitrogen and oxygen atoms in total. The summed E-state index contributed by atoms with van der Waals surface area (Å²) in [6.07, 6.45) is 4.38. The van der Waals surface area contributed by atoms with Crippen molar-refractivity contribution < 1.29 is 18.4 Å². The maximum atomic E-state index is 12.5. The molecule has 1 aromatic heterocycles.